The van der Waals surface area contributed by atoms with Crippen molar-refractivity contribution in [1.29, 1.82) is 0 Å². The van der Waals surface area contributed by atoms with Gasteiger partial charge < -0.3 is 19.9 Å². The predicted octanol–water partition coefficient (Wildman–Crippen LogP) is 3.48. The molecule has 1 spiro atoms. The Kier molecular flexibility index (Phi) is 6.27. The second kappa shape index (κ2) is 9.47. The summed E-state index contributed by atoms with van der Waals surface area (Å²) in [5.41, 5.74) is 2.47. The van der Waals surface area contributed by atoms with Crippen molar-refractivity contribution in [3.05, 3.63) is 42.0 Å². The highest BCUT2D eigenvalue weighted by Crippen LogP contribution is 2.54. The lowest BCUT2D eigenvalue weighted by Gasteiger charge is -2.35. The Labute approximate surface area is 218 Å². The average Bonchev–Trinajstić information content (AvgIpc) is 3.55. The molecule has 0 bridgehead atoms. The number of aromatic nitrogens is 1. The molecule has 1 atom stereocenters. The lowest BCUT2D eigenvalue weighted by atomic mass is 9.93. The summed E-state index contributed by atoms with van der Waals surface area (Å²) in [6.45, 7) is 6.44. The number of nitrogens with zero attached hydrogens (tertiary/aromatic N) is 4. The fourth-order valence-electron chi connectivity index (χ4n) is 5.84. The van der Waals surface area contributed by atoms with Gasteiger partial charge in [0.2, 0.25) is 10.0 Å². The minimum absolute atomic E-state index is 0.133. The first-order chi connectivity index (χ1) is 17.8. The third kappa shape index (κ3) is 5.01. The highest BCUT2D eigenvalue weighted by atomic mass is 32.2. The van der Waals surface area contributed by atoms with Crippen molar-refractivity contribution in [3.63, 3.8) is 0 Å². The normalized spacial score (nSPS) is 24.4. The molecule has 10 heteroatoms. The molecule has 1 aliphatic carbocycles. The standard InChI is InChI=1S/C27H35N5O4S/c1-20-19-31(15-16-36-20)25-5-2-4-24(28-25)29-26(33)22-7-6-21(32-12-3-17-37(32,34)35)18-23(22)30-13-10-27(8-9-27)11-14-30/h2,4-7,18,20H,3,8-17,19H2,1H3,(H,28,29,33)/t20-/m1/s1. The van der Waals surface area contributed by atoms with Crippen LogP contribution >= 0.6 is 0 Å². The molecule has 4 aliphatic rings. The van der Waals surface area contributed by atoms with Crippen LogP contribution in [0.1, 0.15) is 49.4 Å². The number of sulfonamides is 1. The van der Waals surface area contributed by atoms with Gasteiger partial charge in [0.25, 0.3) is 5.91 Å². The van der Waals surface area contributed by atoms with Gasteiger partial charge in [0.1, 0.15) is 11.6 Å². The molecular formula is C27H35N5O4S. The molecule has 1 amide bonds. The molecule has 1 saturated carbocycles. The van der Waals surface area contributed by atoms with Crippen LogP contribution < -0.4 is 19.4 Å². The van der Waals surface area contributed by atoms with Crippen LogP contribution in [0.2, 0.25) is 0 Å². The number of morpholine rings is 1. The number of ether oxygens (including phenoxy) is 1. The molecule has 1 aromatic carbocycles. The van der Waals surface area contributed by atoms with Gasteiger partial charge in [-0.25, -0.2) is 13.4 Å². The maximum atomic E-state index is 13.6. The van der Waals surface area contributed by atoms with E-state index in [1.165, 1.54) is 17.1 Å². The molecule has 4 fully saturated rings. The zero-order chi connectivity index (χ0) is 25.6. The Morgan fingerprint density at radius 3 is 2.57 bits per heavy atom. The van der Waals surface area contributed by atoms with E-state index in [1.54, 1.807) is 18.2 Å². The number of pyridine rings is 1. The summed E-state index contributed by atoms with van der Waals surface area (Å²) >= 11 is 0. The SMILES string of the molecule is C[C@@H]1CN(c2cccc(NC(=O)c3ccc(N4CCCS4(=O)=O)cc3N3CCC4(CC3)CC4)n2)CCO1. The van der Waals surface area contributed by atoms with E-state index in [0.29, 0.717) is 42.1 Å². The summed E-state index contributed by atoms with van der Waals surface area (Å²) in [6, 6.07) is 11.1. The van der Waals surface area contributed by atoms with Gasteiger partial charge in [0, 0.05) is 32.7 Å². The van der Waals surface area contributed by atoms with Gasteiger partial charge in [0.15, 0.2) is 0 Å². The van der Waals surface area contributed by atoms with Crippen LogP contribution in [0.15, 0.2) is 36.4 Å². The number of hydrogen-bond acceptors (Lipinski definition) is 7. The Morgan fingerprint density at radius 1 is 1.05 bits per heavy atom. The zero-order valence-electron chi connectivity index (χ0n) is 21.4. The highest BCUT2D eigenvalue weighted by molar-refractivity contribution is 7.93. The van der Waals surface area contributed by atoms with Crippen molar-refractivity contribution in [2.75, 3.05) is 64.5 Å². The molecule has 1 N–H and O–H groups in total. The maximum absolute atomic E-state index is 13.6. The molecule has 6 rings (SSSR count). The van der Waals surface area contributed by atoms with Gasteiger partial charge in [0.05, 0.1) is 35.4 Å². The molecule has 3 saturated heterocycles. The summed E-state index contributed by atoms with van der Waals surface area (Å²) in [7, 11) is -3.31. The Bertz CT molecular complexity index is 1290. The van der Waals surface area contributed by atoms with E-state index in [4.69, 9.17) is 9.72 Å². The minimum atomic E-state index is -3.31. The minimum Gasteiger partial charge on any atom is -0.375 e. The highest BCUT2D eigenvalue weighted by Gasteiger charge is 2.44. The smallest absolute Gasteiger partial charge is 0.258 e. The van der Waals surface area contributed by atoms with Gasteiger partial charge in [-0.3, -0.25) is 9.10 Å². The number of amides is 1. The molecule has 37 heavy (non-hydrogen) atoms. The lowest BCUT2D eigenvalue weighted by molar-refractivity contribution is 0.0529. The third-order valence-electron chi connectivity index (χ3n) is 8.28. The predicted molar refractivity (Wildman–Crippen MR) is 145 cm³/mol. The third-order valence-corrected chi connectivity index (χ3v) is 10.1. The number of rotatable bonds is 5. The van der Waals surface area contributed by atoms with E-state index in [1.807, 2.05) is 25.1 Å². The number of benzene rings is 1. The molecule has 1 aromatic heterocycles. The first kappa shape index (κ1) is 24.5. The largest absolute Gasteiger partial charge is 0.375 e. The fourth-order valence-corrected chi connectivity index (χ4v) is 7.39. The maximum Gasteiger partial charge on any atom is 0.258 e. The molecule has 4 heterocycles. The summed E-state index contributed by atoms with van der Waals surface area (Å²) in [4.78, 5) is 22.7. The number of hydrogen-bond donors (Lipinski definition) is 1. The van der Waals surface area contributed by atoms with Gasteiger partial charge >= 0.3 is 0 Å². The van der Waals surface area contributed by atoms with Crippen molar-refractivity contribution in [2.45, 2.75) is 45.1 Å². The second-order valence-corrected chi connectivity index (χ2v) is 12.9. The summed E-state index contributed by atoms with van der Waals surface area (Å²) in [6.07, 6.45) is 5.57. The number of carbonyl (C=O) groups is 1. The number of carbonyl (C=O) groups excluding carboxylic acids is 1. The topological polar surface area (TPSA) is 95.1 Å². The van der Waals surface area contributed by atoms with Crippen LogP contribution in [0.5, 0.6) is 0 Å². The van der Waals surface area contributed by atoms with Crippen molar-refractivity contribution < 1.29 is 17.9 Å². The summed E-state index contributed by atoms with van der Waals surface area (Å²) in [5.74, 6) is 1.24. The van der Waals surface area contributed by atoms with Crippen LogP contribution in [0.4, 0.5) is 23.0 Å². The quantitative estimate of drug-likeness (QED) is 0.639. The summed E-state index contributed by atoms with van der Waals surface area (Å²) in [5, 5.41) is 3.00. The van der Waals surface area contributed by atoms with E-state index in [-0.39, 0.29) is 17.8 Å². The Balaban J connectivity index is 1.27. The zero-order valence-corrected chi connectivity index (χ0v) is 22.2. The van der Waals surface area contributed by atoms with Gasteiger partial charge in [-0.05, 0) is 74.8 Å². The van der Waals surface area contributed by atoms with E-state index in [0.717, 1.165) is 50.5 Å². The Morgan fingerprint density at radius 2 is 1.86 bits per heavy atom. The van der Waals surface area contributed by atoms with Crippen LogP contribution in [-0.4, -0.2) is 70.5 Å². The molecule has 9 nitrogen and oxygen atoms in total. The van der Waals surface area contributed by atoms with E-state index in [2.05, 4.69) is 15.1 Å². The molecule has 0 radical (unpaired) electrons. The van der Waals surface area contributed by atoms with Crippen LogP contribution in [-0.2, 0) is 14.8 Å². The first-order valence-electron chi connectivity index (χ1n) is 13.4. The Hall–Kier alpha value is -2.85. The number of nitrogens with one attached hydrogen (secondary N) is 1. The molecule has 2 aromatic rings. The summed E-state index contributed by atoms with van der Waals surface area (Å²) < 4.78 is 32.3. The second-order valence-electron chi connectivity index (χ2n) is 10.9. The van der Waals surface area contributed by atoms with E-state index in [9.17, 15) is 13.2 Å². The van der Waals surface area contributed by atoms with Gasteiger partial charge in [-0.1, -0.05) is 6.07 Å². The fraction of sp³-hybridized carbons (Fsp3) is 0.556. The van der Waals surface area contributed by atoms with Crippen molar-refractivity contribution in [3.8, 4) is 0 Å². The van der Waals surface area contributed by atoms with Crippen molar-refractivity contribution >= 4 is 38.9 Å². The number of piperidine rings is 1. The molecular weight excluding hydrogens is 490 g/mol. The van der Waals surface area contributed by atoms with E-state index < -0.39 is 10.0 Å². The lowest BCUT2D eigenvalue weighted by Crippen LogP contribution is -2.41. The van der Waals surface area contributed by atoms with E-state index >= 15 is 0 Å². The van der Waals surface area contributed by atoms with Crippen LogP contribution in [0.3, 0.4) is 0 Å². The molecule has 198 valence electrons. The molecule has 0 unspecified atom stereocenters. The van der Waals surface area contributed by atoms with Gasteiger partial charge in [-0.2, -0.15) is 0 Å². The molecule has 3 aliphatic heterocycles. The van der Waals surface area contributed by atoms with Crippen LogP contribution in [0.25, 0.3) is 0 Å². The van der Waals surface area contributed by atoms with Crippen LogP contribution in [0, 0.1) is 5.41 Å². The van der Waals surface area contributed by atoms with Gasteiger partial charge in [-0.15, -0.1) is 0 Å². The van der Waals surface area contributed by atoms with Crippen molar-refractivity contribution in [1.82, 2.24) is 4.98 Å². The monoisotopic (exact) mass is 525 g/mol. The average molecular weight is 526 g/mol. The first-order valence-corrected chi connectivity index (χ1v) is 15.0. The number of anilines is 4. The van der Waals surface area contributed by atoms with Crippen molar-refractivity contribution in [2.24, 2.45) is 5.41 Å².